The molecular weight excluding hydrogens is 484 g/mol. The predicted octanol–water partition coefficient (Wildman–Crippen LogP) is 3.66. The molecule has 0 saturated heterocycles. The molecule has 3 aromatic carbocycles. The van der Waals surface area contributed by atoms with Gasteiger partial charge in [0.25, 0.3) is 11.6 Å². The van der Waals surface area contributed by atoms with Crippen LogP contribution in [0.3, 0.4) is 0 Å². The van der Waals surface area contributed by atoms with Gasteiger partial charge >= 0.3 is 5.97 Å². The molecule has 12 nitrogen and oxygen atoms in total. The molecule has 0 aliphatic carbocycles. The van der Waals surface area contributed by atoms with E-state index in [-0.39, 0.29) is 40.8 Å². The van der Waals surface area contributed by atoms with Crippen LogP contribution in [0.5, 0.6) is 17.2 Å². The maximum Gasteiger partial charge on any atom is 0.343 e. The number of esters is 1. The van der Waals surface area contributed by atoms with Gasteiger partial charge in [0.1, 0.15) is 5.75 Å². The molecule has 1 heterocycles. The average Bonchev–Trinajstić information content (AvgIpc) is 3.37. The second-order valence-corrected chi connectivity index (χ2v) is 7.62. The number of nitrogens with zero attached hydrogens (tertiary/aromatic N) is 2. The fourth-order valence-corrected chi connectivity index (χ4v) is 3.20. The van der Waals surface area contributed by atoms with E-state index in [0.717, 1.165) is 12.3 Å². The molecule has 2 amide bonds. The minimum absolute atomic E-state index is 0.0118. The molecule has 4 rings (SSSR count). The molecule has 37 heavy (non-hydrogen) atoms. The van der Waals surface area contributed by atoms with Gasteiger partial charge in [0.05, 0.1) is 16.7 Å². The number of nitro benzene ring substituents is 1. The van der Waals surface area contributed by atoms with E-state index in [1.165, 1.54) is 36.4 Å². The van der Waals surface area contributed by atoms with Gasteiger partial charge in [-0.15, -0.1) is 0 Å². The first-order chi connectivity index (χ1) is 17.8. The van der Waals surface area contributed by atoms with Crippen LogP contribution in [0.4, 0.5) is 11.4 Å². The number of ether oxygens (including phenoxy) is 3. The van der Waals surface area contributed by atoms with Crippen LogP contribution < -0.4 is 25.0 Å². The van der Waals surface area contributed by atoms with E-state index in [1.807, 2.05) is 0 Å². The van der Waals surface area contributed by atoms with E-state index < -0.39 is 16.8 Å². The van der Waals surface area contributed by atoms with Crippen molar-refractivity contribution < 1.29 is 33.5 Å². The molecule has 0 atom stereocenters. The number of benzene rings is 3. The van der Waals surface area contributed by atoms with Crippen molar-refractivity contribution in [3.8, 4) is 17.2 Å². The third-order valence-electron chi connectivity index (χ3n) is 5.14. The molecular formula is C25H20N4O8. The minimum Gasteiger partial charge on any atom is -0.454 e. The first kappa shape index (κ1) is 24.9. The third kappa shape index (κ3) is 6.06. The number of nitro groups is 1. The summed E-state index contributed by atoms with van der Waals surface area (Å²) in [7, 11) is 0. The molecule has 0 radical (unpaired) electrons. The number of hydrogen-bond acceptors (Lipinski definition) is 9. The highest BCUT2D eigenvalue weighted by Gasteiger charge is 2.19. The molecule has 12 heteroatoms. The van der Waals surface area contributed by atoms with Crippen molar-refractivity contribution in [1.29, 1.82) is 0 Å². The van der Waals surface area contributed by atoms with Crippen LogP contribution in [0.2, 0.25) is 0 Å². The van der Waals surface area contributed by atoms with Crippen molar-refractivity contribution in [2.45, 2.75) is 13.3 Å². The summed E-state index contributed by atoms with van der Waals surface area (Å²) >= 11 is 0. The van der Waals surface area contributed by atoms with Gasteiger partial charge in [-0.1, -0.05) is 6.92 Å². The minimum atomic E-state index is -0.735. The lowest BCUT2D eigenvalue weighted by Crippen LogP contribution is -2.18. The number of nitrogens with one attached hydrogen (secondary N) is 2. The summed E-state index contributed by atoms with van der Waals surface area (Å²) in [5, 5.41) is 17.7. The maximum atomic E-state index is 12.7. The Kier molecular flexibility index (Phi) is 7.38. The van der Waals surface area contributed by atoms with Crippen LogP contribution >= 0.6 is 0 Å². The summed E-state index contributed by atoms with van der Waals surface area (Å²) in [5.41, 5.74) is 3.11. The van der Waals surface area contributed by atoms with Gasteiger partial charge < -0.3 is 19.5 Å². The molecule has 1 aliphatic heterocycles. The molecule has 3 aromatic rings. The average molecular weight is 504 g/mol. The molecule has 0 spiro atoms. The van der Waals surface area contributed by atoms with Gasteiger partial charge in [-0.3, -0.25) is 19.7 Å². The van der Waals surface area contributed by atoms with Crippen molar-refractivity contribution in [1.82, 2.24) is 5.43 Å². The Morgan fingerprint density at radius 2 is 1.76 bits per heavy atom. The Hall–Kier alpha value is -5.26. The second-order valence-electron chi connectivity index (χ2n) is 7.62. The Morgan fingerprint density at radius 1 is 1.03 bits per heavy atom. The molecule has 0 saturated carbocycles. The number of hydrogen-bond donors (Lipinski definition) is 2. The lowest BCUT2D eigenvalue weighted by molar-refractivity contribution is -0.384. The quantitative estimate of drug-likeness (QED) is 0.155. The molecule has 1 aliphatic rings. The topological polar surface area (TPSA) is 158 Å². The number of rotatable bonds is 8. The number of amides is 2. The van der Waals surface area contributed by atoms with Crippen molar-refractivity contribution >= 4 is 35.4 Å². The molecule has 0 aromatic heterocycles. The lowest BCUT2D eigenvalue weighted by atomic mass is 10.1. The van der Waals surface area contributed by atoms with Crippen molar-refractivity contribution in [2.75, 3.05) is 12.1 Å². The number of non-ortho nitro benzene ring substituents is 1. The van der Waals surface area contributed by atoms with Crippen molar-refractivity contribution in [2.24, 2.45) is 5.10 Å². The number of carbonyl (C=O) groups excluding carboxylic acids is 3. The van der Waals surface area contributed by atoms with Gasteiger partial charge in [0, 0.05) is 35.4 Å². The number of fused-ring (bicyclic) bond motifs is 1. The van der Waals surface area contributed by atoms with Gasteiger partial charge in [-0.05, 0) is 48.5 Å². The first-order valence-electron chi connectivity index (χ1n) is 11.0. The zero-order valence-electron chi connectivity index (χ0n) is 19.4. The van der Waals surface area contributed by atoms with E-state index in [0.29, 0.717) is 23.6 Å². The summed E-state index contributed by atoms with van der Waals surface area (Å²) in [6, 6.07) is 14.3. The smallest absolute Gasteiger partial charge is 0.343 e. The Labute approximate surface area is 210 Å². The monoisotopic (exact) mass is 504 g/mol. The summed E-state index contributed by atoms with van der Waals surface area (Å²) in [6.07, 6.45) is 1.45. The normalized spacial score (nSPS) is 11.7. The summed E-state index contributed by atoms with van der Waals surface area (Å²) in [4.78, 5) is 47.2. The molecule has 188 valence electrons. The number of carbonyl (C=O) groups is 3. The van der Waals surface area contributed by atoms with Gasteiger partial charge in [-0.25, -0.2) is 10.2 Å². The number of hydrazone groups is 1. The zero-order valence-corrected chi connectivity index (χ0v) is 19.4. The molecule has 0 bridgehead atoms. The van der Waals surface area contributed by atoms with E-state index in [1.54, 1.807) is 25.1 Å². The highest BCUT2D eigenvalue weighted by Crippen LogP contribution is 2.33. The van der Waals surface area contributed by atoms with Crippen LogP contribution in [-0.4, -0.2) is 35.7 Å². The zero-order chi connectivity index (χ0) is 26.4. The van der Waals surface area contributed by atoms with Crippen LogP contribution in [0.1, 0.15) is 39.6 Å². The first-order valence-corrected chi connectivity index (χ1v) is 11.0. The van der Waals surface area contributed by atoms with Crippen LogP contribution in [0.15, 0.2) is 65.8 Å². The fraction of sp³-hybridized carbons (Fsp3) is 0.120. The molecule has 2 N–H and O–H groups in total. The maximum absolute atomic E-state index is 12.7. The Morgan fingerprint density at radius 3 is 2.49 bits per heavy atom. The van der Waals surface area contributed by atoms with Crippen LogP contribution in [-0.2, 0) is 4.79 Å². The standard InChI is InChI=1S/C25H20N4O8/c1-2-23(30)27-18-6-3-15(4-7-18)24(31)28-26-13-17-11-19(29(33)34)8-10-20(17)37-25(32)16-5-9-21-22(12-16)36-14-35-21/h3-13H,2,14H2,1H3,(H,27,30)(H,28,31)/b26-13+. The van der Waals surface area contributed by atoms with Gasteiger partial charge in [0.15, 0.2) is 11.5 Å². The predicted molar refractivity (Wildman–Crippen MR) is 131 cm³/mol. The van der Waals surface area contributed by atoms with E-state index in [4.69, 9.17) is 14.2 Å². The second kappa shape index (κ2) is 11.0. The Balaban J connectivity index is 1.48. The van der Waals surface area contributed by atoms with E-state index >= 15 is 0 Å². The van der Waals surface area contributed by atoms with Crippen molar-refractivity contribution in [3.05, 3.63) is 87.5 Å². The summed E-state index contributed by atoms with van der Waals surface area (Å²) < 4.78 is 15.9. The highest BCUT2D eigenvalue weighted by atomic mass is 16.7. The highest BCUT2D eigenvalue weighted by molar-refractivity contribution is 5.97. The van der Waals surface area contributed by atoms with Gasteiger partial charge in [-0.2, -0.15) is 5.10 Å². The van der Waals surface area contributed by atoms with E-state index in [2.05, 4.69) is 15.8 Å². The number of anilines is 1. The van der Waals surface area contributed by atoms with Crippen LogP contribution in [0.25, 0.3) is 0 Å². The molecule has 0 fully saturated rings. The van der Waals surface area contributed by atoms with Crippen molar-refractivity contribution in [3.63, 3.8) is 0 Å². The lowest BCUT2D eigenvalue weighted by Gasteiger charge is -2.08. The molecule has 0 unspecified atom stereocenters. The summed E-state index contributed by atoms with van der Waals surface area (Å²) in [5.74, 6) is -0.578. The Bertz CT molecular complexity index is 1400. The van der Waals surface area contributed by atoms with Gasteiger partial charge in [0.2, 0.25) is 12.7 Å². The third-order valence-corrected chi connectivity index (χ3v) is 5.14. The van der Waals surface area contributed by atoms with Crippen LogP contribution in [0, 0.1) is 10.1 Å². The SMILES string of the molecule is CCC(=O)Nc1ccc(C(=O)N/N=C/c2cc([N+](=O)[O-])ccc2OC(=O)c2ccc3c(c2)OCO3)cc1. The van der Waals surface area contributed by atoms with E-state index in [9.17, 15) is 24.5 Å². The largest absolute Gasteiger partial charge is 0.454 e. The summed E-state index contributed by atoms with van der Waals surface area (Å²) in [6.45, 7) is 1.77. The fourth-order valence-electron chi connectivity index (χ4n) is 3.20.